The first-order chi connectivity index (χ1) is 6.46. The molecule has 3 nitrogen and oxygen atoms in total. The first-order valence-electron chi connectivity index (χ1n) is 5.16. The van der Waals surface area contributed by atoms with Gasteiger partial charge in [-0.1, -0.05) is 20.8 Å². The number of carbonyl (C=O) groups is 1. The first kappa shape index (κ1) is 13.6. The van der Waals surface area contributed by atoms with E-state index in [1.807, 2.05) is 13.8 Å². The average Bonchev–Trinajstić information content (AvgIpc) is 2.14. The second-order valence-electron chi connectivity index (χ2n) is 4.47. The van der Waals surface area contributed by atoms with E-state index in [4.69, 9.17) is 4.74 Å². The summed E-state index contributed by atoms with van der Waals surface area (Å²) in [5, 5.41) is 0. The van der Waals surface area contributed by atoms with Crippen molar-refractivity contribution in [3.63, 3.8) is 0 Å². The van der Waals surface area contributed by atoms with Crippen molar-refractivity contribution >= 4 is 6.29 Å². The highest BCUT2D eigenvalue weighted by molar-refractivity contribution is 5.58. The number of carbonyl (C=O) groups excluding carboxylic acids is 1. The van der Waals surface area contributed by atoms with Crippen molar-refractivity contribution in [1.82, 2.24) is 4.90 Å². The van der Waals surface area contributed by atoms with E-state index in [-0.39, 0.29) is 5.41 Å². The van der Waals surface area contributed by atoms with Gasteiger partial charge in [0, 0.05) is 25.1 Å². The van der Waals surface area contributed by atoms with Crippen LogP contribution < -0.4 is 0 Å². The molecule has 1 unspecified atom stereocenters. The van der Waals surface area contributed by atoms with Crippen LogP contribution in [-0.2, 0) is 9.53 Å². The molecule has 0 aromatic carbocycles. The lowest BCUT2D eigenvalue weighted by Gasteiger charge is -2.32. The lowest BCUT2D eigenvalue weighted by atomic mass is 9.94. The number of ether oxygens (including phenoxy) is 1. The fourth-order valence-corrected chi connectivity index (χ4v) is 1.49. The van der Waals surface area contributed by atoms with Crippen molar-refractivity contribution in [2.24, 2.45) is 5.41 Å². The summed E-state index contributed by atoms with van der Waals surface area (Å²) in [7, 11) is 1.70. The first-order valence-corrected chi connectivity index (χ1v) is 5.16. The van der Waals surface area contributed by atoms with Crippen LogP contribution in [0.2, 0.25) is 0 Å². The van der Waals surface area contributed by atoms with Gasteiger partial charge in [0.1, 0.15) is 6.29 Å². The van der Waals surface area contributed by atoms with Gasteiger partial charge in [0.25, 0.3) is 0 Å². The van der Waals surface area contributed by atoms with E-state index < -0.39 is 0 Å². The molecule has 0 aliphatic carbocycles. The number of methoxy groups -OCH3 is 1. The van der Waals surface area contributed by atoms with Crippen molar-refractivity contribution < 1.29 is 9.53 Å². The van der Waals surface area contributed by atoms with Crippen molar-refractivity contribution in [3.8, 4) is 0 Å². The number of hydrogen-bond donors (Lipinski definition) is 0. The largest absolute Gasteiger partial charge is 0.383 e. The smallest absolute Gasteiger partial charge is 0.126 e. The number of nitrogens with zero attached hydrogens (tertiary/aromatic N) is 1. The van der Waals surface area contributed by atoms with Gasteiger partial charge in [-0.05, 0) is 13.5 Å². The van der Waals surface area contributed by atoms with Crippen molar-refractivity contribution in [2.75, 3.05) is 26.8 Å². The van der Waals surface area contributed by atoms with Gasteiger partial charge in [-0.25, -0.2) is 0 Å². The van der Waals surface area contributed by atoms with Gasteiger partial charge in [-0.3, -0.25) is 4.90 Å². The van der Waals surface area contributed by atoms with Gasteiger partial charge in [0.05, 0.1) is 6.61 Å². The molecule has 3 heteroatoms. The second kappa shape index (κ2) is 6.14. The summed E-state index contributed by atoms with van der Waals surface area (Å²) >= 11 is 0. The molecule has 0 radical (unpaired) electrons. The monoisotopic (exact) mass is 201 g/mol. The highest BCUT2D eigenvalue weighted by Gasteiger charge is 2.23. The summed E-state index contributed by atoms with van der Waals surface area (Å²) in [6, 6.07) is 0.365. The fourth-order valence-electron chi connectivity index (χ4n) is 1.49. The van der Waals surface area contributed by atoms with E-state index >= 15 is 0 Å². The van der Waals surface area contributed by atoms with Gasteiger partial charge in [-0.2, -0.15) is 0 Å². The van der Waals surface area contributed by atoms with Crippen molar-refractivity contribution in [3.05, 3.63) is 0 Å². The van der Waals surface area contributed by atoms with Crippen LogP contribution in [0.15, 0.2) is 0 Å². The van der Waals surface area contributed by atoms with Crippen molar-refractivity contribution in [1.29, 1.82) is 0 Å². The quantitative estimate of drug-likeness (QED) is 0.586. The Labute approximate surface area is 87.4 Å². The molecule has 0 amide bonds. The Kier molecular flexibility index (Phi) is 5.96. The van der Waals surface area contributed by atoms with Crippen LogP contribution in [-0.4, -0.2) is 44.0 Å². The molecular formula is C11H23NO2. The minimum Gasteiger partial charge on any atom is -0.383 e. The number of aldehydes is 1. The van der Waals surface area contributed by atoms with E-state index in [0.29, 0.717) is 12.6 Å². The Morgan fingerprint density at radius 2 is 2.07 bits per heavy atom. The zero-order valence-corrected chi connectivity index (χ0v) is 10.0. The third-order valence-corrected chi connectivity index (χ3v) is 2.37. The molecule has 0 bridgehead atoms. The van der Waals surface area contributed by atoms with Gasteiger partial charge < -0.3 is 9.53 Å². The average molecular weight is 201 g/mol. The maximum absolute atomic E-state index is 10.8. The zero-order valence-electron chi connectivity index (χ0n) is 10.0. The van der Waals surface area contributed by atoms with E-state index in [9.17, 15) is 4.79 Å². The molecule has 0 fully saturated rings. The summed E-state index contributed by atoms with van der Waals surface area (Å²) in [6.45, 7) is 10.6. The third-order valence-electron chi connectivity index (χ3n) is 2.37. The van der Waals surface area contributed by atoms with Crippen LogP contribution in [0.1, 0.15) is 27.7 Å². The van der Waals surface area contributed by atoms with Crippen LogP contribution in [0.5, 0.6) is 0 Å². The zero-order chi connectivity index (χ0) is 11.2. The maximum Gasteiger partial charge on any atom is 0.126 e. The van der Waals surface area contributed by atoms with Crippen molar-refractivity contribution in [2.45, 2.75) is 33.7 Å². The lowest BCUT2D eigenvalue weighted by molar-refractivity contribution is -0.116. The van der Waals surface area contributed by atoms with Crippen LogP contribution in [0.3, 0.4) is 0 Å². The van der Waals surface area contributed by atoms with Crippen LogP contribution in [0.25, 0.3) is 0 Å². The van der Waals surface area contributed by atoms with Gasteiger partial charge in [0.2, 0.25) is 0 Å². The number of likely N-dealkylation sites (N-methyl/N-ethyl adjacent to an activating group) is 1. The highest BCUT2D eigenvalue weighted by Crippen LogP contribution is 2.15. The summed E-state index contributed by atoms with van der Waals surface area (Å²) in [6.07, 6.45) is 1.02. The predicted molar refractivity (Wildman–Crippen MR) is 58.4 cm³/mol. The minimum absolute atomic E-state index is 0.266. The lowest BCUT2D eigenvalue weighted by Crippen LogP contribution is -2.42. The summed E-state index contributed by atoms with van der Waals surface area (Å²) in [5.41, 5.74) is -0.266. The van der Waals surface area contributed by atoms with Crippen LogP contribution in [0, 0.1) is 5.41 Å². The van der Waals surface area contributed by atoms with Gasteiger partial charge >= 0.3 is 0 Å². The molecule has 0 N–H and O–H groups in total. The summed E-state index contributed by atoms with van der Waals surface area (Å²) < 4.78 is 5.10. The maximum atomic E-state index is 10.8. The molecule has 0 aliphatic rings. The molecule has 1 atom stereocenters. The van der Waals surface area contributed by atoms with Crippen LogP contribution >= 0.6 is 0 Å². The Morgan fingerprint density at radius 1 is 1.50 bits per heavy atom. The molecule has 0 spiro atoms. The second-order valence-corrected chi connectivity index (χ2v) is 4.47. The predicted octanol–water partition coefficient (Wildman–Crippen LogP) is 1.57. The Balaban J connectivity index is 4.20. The fraction of sp³-hybridized carbons (Fsp3) is 0.909. The van der Waals surface area contributed by atoms with E-state index in [0.717, 1.165) is 19.4 Å². The van der Waals surface area contributed by atoms with E-state index in [2.05, 4.69) is 18.7 Å². The molecule has 0 saturated heterocycles. The molecule has 0 aromatic rings. The van der Waals surface area contributed by atoms with Crippen LogP contribution in [0.4, 0.5) is 0 Å². The minimum atomic E-state index is -0.266. The number of rotatable bonds is 7. The molecule has 0 aliphatic heterocycles. The molecule has 0 rings (SSSR count). The van der Waals surface area contributed by atoms with E-state index in [1.165, 1.54) is 0 Å². The standard InChI is InChI=1S/C11H23NO2/c1-6-12(10(2)7-14-5)8-11(3,4)9-13/h9-10H,6-8H2,1-5H3. The highest BCUT2D eigenvalue weighted by atomic mass is 16.5. The third kappa shape index (κ3) is 4.72. The molecule has 0 aromatic heterocycles. The topological polar surface area (TPSA) is 29.5 Å². The van der Waals surface area contributed by atoms with Gasteiger partial charge in [-0.15, -0.1) is 0 Å². The molecule has 0 heterocycles. The summed E-state index contributed by atoms with van der Waals surface area (Å²) in [5.74, 6) is 0. The summed E-state index contributed by atoms with van der Waals surface area (Å²) in [4.78, 5) is 13.1. The van der Waals surface area contributed by atoms with Gasteiger partial charge in [0.15, 0.2) is 0 Å². The molecule has 84 valence electrons. The normalized spacial score (nSPS) is 14.4. The Hall–Kier alpha value is -0.410. The molecule has 14 heavy (non-hydrogen) atoms. The molecular weight excluding hydrogens is 178 g/mol. The van der Waals surface area contributed by atoms with E-state index in [1.54, 1.807) is 7.11 Å². The molecule has 0 saturated carbocycles. The SMILES string of the molecule is CCN(CC(C)(C)C=O)C(C)COC. The Morgan fingerprint density at radius 3 is 2.43 bits per heavy atom. The number of hydrogen-bond acceptors (Lipinski definition) is 3. The Bertz CT molecular complexity index is 169.